The molecule has 3 aromatic carbocycles. The number of carbonyl (C=O) groups excluding carboxylic acids is 1. The molecule has 1 amide bonds. The number of ether oxygens (including phenoxy) is 1. The predicted molar refractivity (Wildman–Crippen MR) is 158 cm³/mol. The minimum Gasteiger partial charge on any atom is -0.449 e. The first-order chi connectivity index (χ1) is 18.6. The van der Waals surface area contributed by atoms with Gasteiger partial charge in [0.15, 0.2) is 0 Å². The second kappa shape index (κ2) is 10.5. The number of benzene rings is 3. The van der Waals surface area contributed by atoms with Gasteiger partial charge in [-0.1, -0.05) is 91.0 Å². The predicted octanol–water partition coefficient (Wildman–Crippen LogP) is 7.27. The van der Waals surface area contributed by atoms with Crippen molar-refractivity contribution in [1.29, 1.82) is 0 Å². The van der Waals surface area contributed by atoms with Crippen LogP contribution in [-0.2, 0) is 14.0 Å². The van der Waals surface area contributed by atoms with Gasteiger partial charge in [0.25, 0.3) is 0 Å². The topological polar surface area (TPSA) is 56.8 Å². The summed E-state index contributed by atoms with van der Waals surface area (Å²) in [6.07, 6.45) is 1.53. The molecule has 1 aliphatic carbocycles. The number of fused-ring (bicyclic) bond motifs is 3. The molecule has 0 unspecified atom stereocenters. The summed E-state index contributed by atoms with van der Waals surface area (Å²) in [6.45, 7) is 14.6. The third-order valence-corrected chi connectivity index (χ3v) is 8.09. The maximum Gasteiger partial charge on any atom is 0.492 e. The number of nitrogens with one attached hydrogen (secondary N) is 1. The van der Waals surface area contributed by atoms with Crippen LogP contribution in [0.25, 0.3) is 22.8 Å². The van der Waals surface area contributed by atoms with Crippen LogP contribution >= 0.6 is 0 Å². The monoisotopic (exact) mass is 521 g/mol. The molecule has 200 valence electrons. The van der Waals surface area contributed by atoms with Crippen molar-refractivity contribution in [1.82, 2.24) is 5.32 Å². The Morgan fingerprint density at radius 2 is 1.46 bits per heavy atom. The van der Waals surface area contributed by atoms with Crippen molar-refractivity contribution in [3.05, 3.63) is 107 Å². The first-order valence-corrected chi connectivity index (χ1v) is 13.5. The van der Waals surface area contributed by atoms with Crippen LogP contribution in [-0.4, -0.2) is 37.6 Å². The lowest BCUT2D eigenvalue weighted by Gasteiger charge is -2.32. The number of amides is 1. The van der Waals surface area contributed by atoms with Gasteiger partial charge in [-0.3, -0.25) is 0 Å². The highest BCUT2D eigenvalue weighted by atomic mass is 16.7. The van der Waals surface area contributed by atoms with Crippen LogP contribution in [0.2, 0.25) is 0 Å². The van der Waals surface area contributed by atoms with Crippen LogP contribution in [0.1, 0.15) is 62.8 Å². The summed E-state index contributed by atoms with van der Waals surface area (Å²) in [4.78, 5) is 12.9. The summed E-state index contributed by atoms with van der Waals surface area (Å²) >= 11 is 0. The van der Waals surface area contributed by atoms with Gasteiger partial charge in [0.1, 0.15) is 6.61 Å². The molecule has 0 atom stereocenters. The van der Waals surface area contributed by atoms with Crippen molar-refractivity contribution in [3.63, 3.8) is 0 Å². The molecular formula is C33H36BNO4. The number of hydrogen-bond acceptors (Lipinski definition) is 4. The van der Waals surface area contributed by atoms with E-state index >= 15 is 0 Å². The van der Waals surface area contributed by atoms with Crippen LogP contribution in [0.15, 0.2) is 84.8 Å². The van der Waals surface area contributed by atoms with Crippen molar-refractivity contribution in [2.24, 2.45) is 0 Å². The first-order valence-electron chi connectivity index (χ1n) is 13.5. The minimum absolute atomic E-state index is 0.00749. The van der Waals surface area contributed by atoms with Crippen LogP contribution < -0.4 is 5.32 Å². The molecule has 1 fully saturated rings. The van der Waals surface area contributed by atoms with Crippen molar-refractivity contribution in [2.45, 2.75) is 51.7 Å². The smallest absolute Gasteiger partial charge is 0.449 e. The molecule has 1 aliphatic heterocycles. The molecule has 0 spiro atoms. The summed E-state index contributed by atoms with van der Waals surface area (Å²) in [5, 5.41) is 2.93. The van der Waals surface area contributed by atoms with E-state index in [1.807, 2.05) is 89.2 Å². The SMILES string of the molecule is C=C(C)c1ccc(C=C(CNC(=O)OCC2c3ccccc3-c3ccccc32)B2OC(C)(C)C(C)(C)O2)cc1. The Bertz CT molecular complexity index is 1360. The fourth-order valence-electron chi connectivity index (χ4n) is 5.10. The van der Waals surface area contributed by atoms with E-state index in [1.54, 1.807) is 0 Å². The number of allylic oxidation sites excluding steroid dienone is 1. The average Bonchev–Trinajstić information content (AvgIpc) is 3.34. The molecule has 1 saturated heterocycles. The van der Waals surface area contributed by atoms with Crippen molar-refractivity contribution in [3.8, 4) is 11.1 Å². The van der Waals surface area contributed by atoms with Crippen molar-refractivity contribution >= 4 is 24.9 Å². The highest BCUT2D eigenvalue weighted by Gasteiger charge is 2.52. The number of carbonyl (C=O) groups is 1. The Morgan fingerprint density at radius 3 is 2.00 bits per heavy atom. The molecule has 39 heavy (non-hydrogen) atoms. The molecule has 0 aromatic heterocycles. The summed E-state index contributed by atoms with van der Waals surface area (Å²) < 4.78 is 18.4. The third kappa shape index (κ3) is 5.45. The second-order valence-corrected chi connectivity index (χ2v) is 11.4. The van der Waals surface area contributed by atoms with Crippen molar-refractivity contribution < 1.29 is 18.8 Å². The van der Waals surface area contributed by atoms with E-state index in [1.165, 1.54) is 22.3 Å². The standard InChI is InChI=1S/C33H36BNO4/c1-22(2)24-17-15-23(16-18-24)19-25(34-38-32(3,4)33(5,6)39-34)20-35-31(36)37-21-30-28-13-9-7-11-26(28)27-12-8-10-14-29(27)30/h7-19,30H,1,20-21H2,2-6H3,(H,35,36). The van der Waals surface area contributed by atoms with E-state index in [9.17, 15) is 4.79 Å². The van der Waals surface area contributed by atoms with Gasteiger partial charge in [-0.05, 0) is 73.5 Å². The normalized spacial score (nSPS) is 17.5. The molecular weight excluding hydrogens is 485 g/mol. The molecule has 0 saturated carbocycles. The average molecular weight is 521 g/mol. The molecule has 5 nitrogen and oxygen atoms in total. The zero-order chi connectivity index (χ0) is 27.8. The van der Waals surface area contributed by atoms with E-state index in [4.69, 9.17) is 14.0 Å². The minimum atomic E-state index is -0.593. The molecule has 6 heteroatoms. The highest BCUT2D eigenvalue weighted by Crippen LogP contribution is 2.44. The van der Waals surface area contributed by atoms with Gasteiger partial charge in [0, 0.05) is 12.5 Å². The number of hydrogen-bond donors (Lipinski definition) is 1. The van der Waals surface area contributed by atoms with Gasteiger partial charge < -0.3 is 19.4 Å². The van der Waals surface area contributed by atoms with E-state index in [0.717, 1.165) is 22.2 Å². The number of rotatable bonds is 7. The van der Waals surface area contributed by atoms with Crippen molar-refractivity contribution in [2.75, 3.05) is 13.2 Å². The lowest BCUT2D eigenvalue weighted by atomic mass is 9.77. The van der Waals surface area contributed by atoms with Gasteiger partial charge in [-0.25, -0.2) is 4.79 Å². The van der Waals surface area contributed by atoms with Crippen LogP contribution in [0.4, 0.5) is 4.79 Å². The molecule has 1 N–H and O–H groups in total. The van der Waals surface area contributed by atoms with E-state index in [2.05, 4.69) is 36.2 Å². The zero-order valence-electron chi connectivity index (χ0n) is 23.4. The molecule has 3 aromatic rings. The molecule has 0 bridgehead atoms. The summed E-state index contributed by atoms with van der Waals surface area (Å²) in [6, 6.07) is 24.7. The van der Waals surface area contributed by atoms with E-state index in [-0.39, 0.29) is 19.1 Å². The zero-order valence-corrected chi connectivity index (χ0v) is 23.4. The third-order valence-electron chi connectivity index (χ3n) is 8.09. The Balaban J connectivity index is 1.30. The summed E-state index contributed by atoms with van der Waals surface area (Å²) in [5.41, 5.74) is 7.66. The quantitative estimate of drug-likeness (QED) is 0.332. The first kappa shape index (κ1) is 27.0. The van der Waals surface area contributed by atoms with Crippen LogP contribution in [0.3, 0.4) is 0 Å². The second-order valence-electron chi connectivity index (χ2n) is 11.4. The summed E-state index contributed by atoms with van der Waals surface area (Å²) in [5.74, 6) is 0.00749. The molecule has 2 aliphatic rings. The largest absolute Gasteiger partial charge is 0.492 e. The maximum atomic E-state index is 12.9. The Kier molecular flexibility index (Phi) is 7.28. The number of alkyl carbamates (subject to hydrolysis) is 1. The van der Waals surface area contributed by atoms with E-state index < -0.39 is 24.4 Å². The molecule has 1 heterocycles. The lowest BCUT2D eigenvalue weighted by Crippen LogP contribution is -2.41. The van der Waals surface area contributed by atoms with Crippen LogP contribution in [0.5, 0.6) is 0 Å². The molecule has 5 rings (SSSR count). The van der Waals surface area contributed by atoms with Gasteiger partial charge in [0.2, 0.25) is 0 Å². The van der Waals surface area contributed by atoms with Gasteiger partial charge in [-0.2, -0.15) is 0 Å². The molecule has 0 radical (unpaired) electrons. The van der Waals surface area contributed by atoms with Crippen LogP contribution in [0, 0.1) is 0 Å². The fourth-order valence-corrected chi connectivity index (χ4v) is 5.10. The highest BCUT2D eigenvalue weighted by molar-refractivity contribution is 6.56. The van der Waals surface area contributed by atoms with Gasteiger partial charge in [-0.15, -0.1) is 0 Å². The van der Waals surface area contributed by atoms with E-state index in [0.29, 0.717) is 0 Å². The summed E-state index contributed by atoms with van der Waals surface area (Å²) in [7, 11) is -0.593. The Hall–Kier alpha value is -3.61. The van der Waals surface area contributed by atoms with Gasteiger partial charge >= 0.3 is 13.2 Å². The fraction of sp³-hybridized carbons (Fsp3) is 0.303. The lowest BCUT2D eigenvalue weighted by molar-refractivity contribution is 0.00578. The maximum absolute atomic E-state index is 12.9. The Morgan fingerprint density at radius 1 is 0.923 bits per heavy atom. The van der Waals surface area contributed by atoms with Gasteiger partial charge in [0.05, 0.1) is 11.2 Å². The Labute approximate surface area is 232 Å².